The van der Waals surface area contributed by atoms with Crippen molar-refractivity contribution in [3.05, 3.63) is 0 Å². The number of carbonyl (C=O) groups excluding carboxylic acids is 1. The summed E-state index contributed by atoms with van der Waals surface area (Å²) in [5, 5.41) is 8.27. The van der Waals surface area contributed by atoms with Gasteiger partial charge in [-0.25, -0.2) is 4.79 Å². The molecule has 4 nitrogen and oxygen atoms in total. The second kappa shape index (κ2) is 3.42. The van der Waals surface area contributed by atoms with Crippen LogP contribution in [0.1, 0.15) is 2.74 Å². The molecule has 0 unspecified atom stereocenters. The van der Waals surface area contributed by atoms with Crippen LogP contribution in [-0.2, 0) is 4.74 Å². The second-order valence-corrected chi connectivity index (χ2v) is 0.766. The minimum absolute atomic E-state index is 0.734. The van der Waals surface area contributed by atoms with Crippen LogP contribution in [0.5, 0.6) is 0 Å². The largest absolute Gasteiger partial charge is 0.447 e. The maximum absolute atomic E-state index is 9.77. The van der Waals surface area contributed by atoms with Gasteiger partial charge in [-0.15, -0.1) is 0 Å². The fourth-order valence-electron chi connectivity index (χ4n) is 0.103. The van der Waals surface area contributed by atoms with E-state index in [9.17, 15) is 4.79 Å². The summed E-state index contributed by atoms with van der Waals surface area (Å²) < 4.78 is 16.7. The Balaban J connectivity index is 3.39. The van der Waals surface area contributed by atoms with E-state index in [-0.39, 0.29) is 0 Å². The van der Waals surface area contributed by atoms with Crippen molar-refractivity contribution in [1.29, 1.82) is 0 Å². The van der Waals surface area contributed by atoms with Crippen LogP contribution in [0.25, 0.3) is 0 Å². The molecule has 3 N–H and O–H groups in total. The lowest BCUT2D eigenvalue weighted by molar-refractivity contribution is 0.127. The predicted octanol–water partition coefficient (Wildman–Crippen LogP) is -0.926. The summed E-state index contributed by atoms with van der Waals surface area (Å²) >= 11 is 0. The van der Waals surface area contributed by atoms with E-state index >= 15 is 0 Å². The lowest BCUT2D eigenvalue weighted by Gasteiger charge is -1.92. The number of hydrogen-bond donors (Lipinski definition) is 2. The number of ether oxygens (including phenoxy) is 1. The van der Waals surface area contributed by atoms with Gasteiger partial charge in [-0.2, -0.15) is 0 Å². The van der Waals surface area contributed by atoms with E-state index in [1.807, 2.05) is 0 Å². The second-order valence-electron chi connectivity index (χ2n) is 0.766. The smallest absolute Gasteiger partial charge is 0.404 e. The molecule has 0 aliphatic carbocycles. The topological polar surface area (TPSA) is 72.6 Å². The van der Waals surface area contributed by atoms with Gasteiger partial charge in [0.25, 0.3) is 0 Å². The molecular weight excluding hydrogens is 98.0 g/mol. The zero-order valence-electron chi connectivity index (χ0n) is 5.55. The van der Waals surface area contributed by atoms with E-state index in [1.54, 1.807) is 0 Å². The molecule has 0 fully saturated rings. The molecule has 0 heterocycles. The Labute approximate surface area is 43.7 Å². The van der Waals surface area contributed by atoms with Crippen molar-refractivity contribution in [2.75, 3.05) is 13.2 Å². The van der Waals surface area contributed by atoms with Crippen LogP contribution in [0.15, 0.2) is 0 Å². The summed E-state index contributed by atoms with van der Waals surface area (Å²) in [6.07, 6.45) is -1.10. The van der Waals surface area contributed by atoms with E-state index in [1.165, 1.54) is 0 Å². The van der Waals surface area contributed by atoms with Crippen LogP contribution in [0, 0.1) is 0 Å². The van der Waals surface area contributed by atoms with Crippen molar-refractivity contribution in [1.82, 2.24) is 0 Å². The first-order valence-corrected chi connectivity index (χ1v) is 1.56. The SMILES string of the molecule is [2H]C([2H])(O)COC(N)=O. The molecular formula is C3H7NO3. The highest BCUT2D eigenvalue weighted by Crippen LogP contribution is 1.67. The van der Waals surface area contributed by atoms with Crippen molar-refractivity contribution in [2.45, 2.75) is 0 Å². The van der Waals surface area contributed by atoms with Crippen molar-refractivity contribution in [3.8, 4) is 0 Å². The van der Waals surface area contributed by atoms with Gasteiger partial charge in [0.05, 0.1) is 9.30 Å². The predicted molar refractivity (Wildman–Crippen MR) is 22.6 cm³/mol. The fourth-order valence-corrected chi connectivity index (χ4v) is 0.103. The van der Waals surface area contributed by atoms with Gasteiger partial charge in [-0.1, -0.05) is 0 Å². The normalized spacial score (nSPS) is 14.4. The quantitative estimate of drug-likeness (QED) is 0.479. The summed E-state index contributed by atoms with van der Waals surface area (Å²) in [5.74, 6) is 0. The molecule has 0 saturated heterocycles. The van der Waals surface area contributed by atoms with E-state index < -0.39 is 19.3 Å². The highest BCUT2D eigenvalue weighted by atomic mass is 16.6. The summed E-state index contributed by atoms with van der Waals surface area (Å²) in [6, 6.07) is 0. The van der Waals surface area contributed by atoms with Gasteiger partial charge in [0.1, 0.15) is 6.61 Å². The van der Waals surface area contributed by atoms with Gasteiger partial charge in [-0.05, 0) is 0 Å². The summed E-state index contributed by atoms with van der Waals surface area (Å²) in [5.41, 5.74) is 4.46. The number of nitrogens with two attached hydrogens (primary N) is 1. The Kier molecular flexibility index (Phi) is 1.59. The van der Waals surface area contributed by atoms with Crippen molar-refractivity contribution in [3.63, 3.8) is 0 Å². The molecule has 4 heteroatoms. The molecule has 0 rings (SSSR count). The van der Waals surface area contributed by atoms with Gasteiger partial charge in [0.2, 0.25) is 0 Å². The minimum Gasteiger partial charge on any atom is -0.447 e. The monoisotopic (exact) mass is 107 g/mol. The number of carbonyl (C=O) groups is 1. The number of amides is 1. The summed E-state index contributed by atoms with van der Waals surface area (Å²) in [7, 11) is 0. The highest BCUT2D eigenvalue weighted by molar-refractivity contribution is 5.64. The first kappa shape index (κ1) is 3.26. The van der Waals surface area contributed by atoms with Crippen molar-refractivity contribution in [2.24, 2.45) is 5.73 Å². The zero-order valence-corrected chi connectivity index (χ0v) is 3.55. The molecule has 0 aliphatic heterocycles. The number of aliphatic hydroxyl groups is 1. The van der Waals surface area contributed by atoms with Gasteiger partial charge in [0.15, 0.2) is 0 Å². The maximum atomic E-state index is 9.77. The third-order valence-electron chi connectivity index (χ3n) is 0.279. The molecule has 7 heavy (non-hydrogen) atoms. The molecule has 42 valence electrons. The average molecular weight is 107 g/mol. The molecule has 0 atom stereocenters. The molecule has 0 spiro atoms. The number of rotatable bonds is 2. The molecule has 0 saturated carbocycles. The molecule has 0 aromatic carbocycles. The zero-order chi connectivity index (χ0) is 7.49. The van der Waals surface area contributed by atoms with Crippen LogP contribution in [-0.4, -0.2) is 24.4 Å². The highest BCUT2D eigenvalue weighted by Gasteiger charge is 1.87. The van der Waals surface area contributed by atoms with Crippen LogP contribution in [0.3, 0.4) is 0 Å². The third-order valence-corrected chi connectivity index (χ3v) is 0.279. The summed E-state index contributed by atoms with van der Waals surface area (Å²) in [6.45, 7) is -3.22. The molecule has 0 aromatic rings. The fraction of sp³-hybridized carbons (Fsp3) is 0.667. The first-order valence-electron chi connectivity index (χ1n) is 2.56. The Bertz CT molecular complexity index is 110. The Morgan fingerprint density at radius 1 is 2.14 bits per heavy atom. The van der Waals surface area contributed by atoms with Gasteiger partial charge < -0.3 is 15.6 Å². The Hall–Kier alpha value is -0.770. The van der Waals surface area contributed by atoms with Crippen molar-refractivity contribution >= 4 is 6.09 Å². The van der Waals surface area contributed by atoms with E-state index in [0.717, 1.165) is 0 Å². The Morgan fingerprint density at radius 3 is 2.86 bits per heavy atom. The van der Waals surface area contributed by atoms with Crippen LogP contribution >= 0.6 is 0 Å². The minimum atomic E-state index is -2.49. The van der Waals surface area contributed by atoms with Gasteiger partial charge in [0, 0.05) is 0 Å². The molecule has 1 amide bonds. The average Bonchev–Trinajstić information content (AvgIpc) is 1.59. The van der Waals surface area contributed by atoms with Gasteiger partial charge in [-0.3, -0.25) is 0 Å². The number of primary amides is 1. The molecule has 0 radical (unpaired) electrons. The molecule has 0 bridgehead atoms. The van der Waals surface area contributed by atoms with E-state index in [2.05, 4.69) is 10.5 Å². The first-order chi connectivity index (χ1) is 3.92. The lowest BCUT2D eigenvalue weighted by atomic mass is 10.8. The van der Waals surface area contributed by atoms with Crippen LogP contribution in [0.4, 0.5) is 4.79 Å². The van der Waals surface area contributed by atoms with E-state index in [0.29, 0.717) is 0 Å². The Morgan fingerprint density at radius 2 is 2.71 bits per heavy atom. The van der Waals surface area contributed by atoms with E-state index in [4.69, 9.17) is 7.85 Å². The summed E-state index contributed by atoms with van der Waals surface area (Å²) in [4.78, 5) is 9.77. The third kappa shape index (κ3) is 5.23. The lowest BCUT2D eigenvalue weighted by Crippen LogP contribution is -2.15. The number of hydrogen-bond acceptors (Lipinski definition) is 3. The molecule has 0 aromatic heterocycles. The molecule has 0 aliphatic rings. The van der Waals surface area contributed by atoms with Crippen molar-refractivity contribution < 1.29 is 17.4 Å². The van der Waals surface area contributed by atoms with Crippen LogP contribution < -0.4 is 5.73 Å². The maximum Gasteiger partial charge on any atom is 0.404 e. The standard InChI is InChI=1S/C3H7NO3/c4-3(6)7-2-1-5/h5H,1-2H2,(H2,4,6)/i1D2. The van der Waals surface area contributed by atoms with Gasteiger partial charge >= 0.3 is 6.09 Å². The van der Waals surface area contributed by atoms with Crippen LogP contribution in [0.2, 0.25) is 0 Å².